The van der Waals surface area contributed by atoms with Gasteiger partial charge in [0.15, 0.2) is 23.3 Å². The van der Waals surface area contributed by atoms with Gasteiger partial charge in [-0.1, -0.05) is 0 Å². The van der Waals surface area contributed by atoms with Crippen molar-refractivity contribution in [1.29, 1.82) is 15.8 Å². The zero-order chi connectivity index (χ0) is 44.0. The molecule has 300 valence electrons. The van der Waals surface area contributed by atoms with Crippen LogP contribution in [-0.2, 0) is 24.7 Å². The van der Waals surface area contributed by atoms with E-state index in [0.717, 1.165) is 12.1 Å². The van der Waals surface area contributed by atoms with Crippen molar-refractivity contribution in [2.75, 3.05) is 0 Å². The van der Waals surface area contributed by atoms with Crippen molar-refractivity contribution in [3.63, 3.8) is 0 Å². The van der Waals surface area contributed by atoms with Crippen molar-refractivity contribution in [2.45, 2.75) is 45.5 Å². The van der Waals surface area contributed by atoms with Gasteiger partial charge in [0.1, 0.15) is 58.2 Å². The lowest BCUT2D eigenvalue weighted by Crippen LogP contribution is -2.21. The molecule has 0 spiro atoms. The predicted octanol–water partition coefficient (Wildman–Crippen LogP) is 12.0. The normalized spacial score (nSPS) is 16.2. The van der Waals surface area contributed by atoms with E-state index in [2.05, 4.69) is 0 Å². The lowest BCUT2D eigenvalue weighted by molar-refractivity contribution is -0.146. The minimum atomic E-state index is -6.29. The van der Waals surface area contributed by atoms with E-state index in [1.807, 2.05) is 0 Å². The molecule has 0 aliphatic heterocycles. The maximum Gasteiger partial charge on any atom is 0.422 e. The fourth-order valence-electron chi connectivity index (χ4n) is 5.90. The molecule has 57 heavy (non-hydrogen) atoms. The van der Waals surface area contributed by atoms with Gasteiger partial charge in [0, 0.05) is 39.0 Å². The van der Waals surface area contributed by atoms with Crippen LogP contribution in [0.25, 0.3) is 16.7 Å². The van der Waals surface area contributed by atoms with E-state index in [4.69, 9.17) is 0 Å². The van der Waals surface area contributed by atoms with Crippen LogP contribution >= 0.6 is 0 Å². The molecular formula is C34H9F20N3. The van der Waals surface area contributed by atoms with E-state index in [1.54, 1.807) is 0 Å². The first-order chi connectivity index (χ1) is 25.9. The molecule has 0 bridgehead atoms. The highest BCUT2D eigenvalue weighted by Gasteiger charge is 2.52. The van der Waals surface area contributed by atoms with Crippen LogP contribution in [0.2, 0.25) is 0 Å². The summed E-state index contributed by atoms with van der Waals surface area (Å²) in [6, 6.07) is 2.20. The van der Waals surface area contributed by atoms with Crippen LogP contribution in [0, 0.1) is 101 Å². The van der Waals surface area contributed by atoms with Crippen LogP contribution in [0.1, 0.15) is 55.6 Å². The third-order valence-electron chi connectivity index (χ3n) is 8.37. The zero-order valence-corrected chi connectivity index (χ0v) is 27.4. The predicted molar refractivity (Wildman–Crippen MR) is 151 cm³/mol. The van der Waals surface area contributed by atoms with Gasteiger partial charge in [-0.15, -0.1) is 0 Å². The molecule has 0 heterocycles. The molecule has 0 amide bonds. The number of hydrogen-bond acceptors (Lipinski definition) is 3. The van der Waals surface area contributed by atoms with Crippen molar-refractivity contribution in [3.8, 4) is 18.2 Å². The van der Waals surface area contributed by atoms with Gasteiger partial charge in [-0.05, 0) is 31.9 Å². The second kappa shape index (κ2) is 13.9. The minimum Gasteiger partial charge on any atom is -0.206 e. The topological polar surface area (TPSA) is 71.4 Å². The number of rotatable bonds is 3. The fraction of sp³-hybridized carbons (Fsp3) is 0.206. The number of hydrogen-bond donors (Lipinski definition) is 0. The Morgan fingerprint density at radius 2 is 0.632 bits per heavy atom. The van der Waals surface area contributed by atoms with Crippen LogP contribution in [0.3, 0.4) is 0 Å². The van der Waals surface area contributed by atoms with Crippen LogP contribution in [0.5, 0.6) is 0 Å². The highest BCUT2D eigenvalue weighted by atomic mass is 19.4. The monoisotopic (exact) mass is 839 g/mol. The van der Waals surface area contributed by atoms with E-state index < -0.39 is 160 Å². The summed E-state index contributed by atoms with van der Waals surface area (Å²) < 4.78 is 289. The smallest absolute Gasteiger partial charge is 0.206 e. The highest BCUT2D eigenvalue weighted by molar-refractivity contribution is 6.13. The quantitative estimate of drug-likeness (QED) is 0.150. The fourth-order valence-corrected chi connectivity index (χ4v) is 5.90. The summed E-state index contributed by atoms with van der Waals surface area (Å²) in [7, 11) is 0. The molecule has 0 unspecified atom stereocenters. The molecule has 0 saturated heterocycles. The van der Waals surface area contributed by atoms with Gasteiger partial charge in [-0.3, -0.25) is 0 Å². The number of halogens is 20. The maximum atomic E-state index is 15.8. The Kier molecular flexibility index (Phi) is 10.6. The maximum absolute atomic E-state index is 15.8. The van der Waals surface area contributed by atoms with Crippen molar-refractivity contribution < 1.29 is 87.8 Å². The number of alkyl halides is 12. The van der Waals surface area contributed by atoms with E-state index >= 15 is 13.2 Å². The van der Waals surface area contributed by atoms with Crippen LogP contribution in [-0.4, -0.2) is 0 Å². The average Bonchev–Trinajstić information content (AvgIpc) is 3.77. The lowest BCUT2D eigenvalue weighted by Gasteiger charge is -2.21. The van der Waals surface area contributed by atoms with Gasteiger partial charge < -0.3 is 0 Å². The molecule has 23 heteroatoms. The van der Waals surface area contributed by atoms with Gasteiger partial charge in [0.2, 0.25) is 0 Å². The van der Waals surface area contributed by atoms with Crippen LogP contribution in [0.4, 0.5) is 87.8 Å². The summed E-state index contributed by atoms with van der Waals surface area (Å²) in [4.78, 5) is 0. The lowest BCUT2D eigenvalue weighted by atomic mass is 9.90. The Bertz CT molecular complexity index is 2540. The minimum absolute atomic E-state index is 0.0500. The Balaban J connectivity index is 2.54. The molecule has 3 aromatic rings. The molecule has 1 aliphatic rings. The highest BCUT2D eigenvalue weighted by Crippen LogP contribution is 2.59. The summed E-state index contributed by atoms with van der Waals surface area (Å²) >= 11 is 0. The molecule has 0 radical (unpaired) electrons. The van der Waals surface area contributed by atoms with Gasteiger partial charge in [-0.25, -0.2) is 35.1 Å². The van der Waals surface area contributed by atoms with Gasteiger partial charge in [0.05, 0.1) is 22.3 Å². The molecule has 1 aliphatic carbocycles. The van der Waals surface area contributed by atoms with Crippen molar-refractivity contribution >= 4 is 16.7 Å². The number of allylic oxidation sites excluding steroid dienone is 6. The van der Waals surface area contributed by atoms with E-state index in [-0.39, 0.29) is 20.8 Å². The number of nitriles is 3. The number of benzene rings is 3. The molecule has 1 saturated carbocycles. The third kappa shape index (κ3) is 6.80. The molecule has 3 aromatic carbocycles. The average molecular weight is 839 g/mol. The van der Waals surface area contributed by atoms with Crippen molar-refractivity contribution in [3.05, 3.63) is 119 Å². The SMILES string of the molecule is Cc1c(F)c(F)c(C(F)(F)F)c(/C(C#N)=C2\C(=C(C#N)c3c(C)c(F)c(F)c(C(F)(F)F)c3F)\C2=C(/C#N)c2c(F)c(C(F)(F)F)c(F)c(C)c2C(F)(F)F)c1F. The largest absolute Gasteiger partial charge is 0.422 e. The Hall–Kier alpha value is -6.05. The number of nitrogens with zero attached hydrogens (tertiary/aromatic N) is 3. The van der Waals surface area contributed by atoms with E-state index in [0.29, 0.717) is 6.07 Å². The summed E-state index contributed by atoms with van der Waals surface area (Å²) in [6.45, 7) is 0.412. The summed E-state index contributed by atoms with van der Waals surface area (Å²) in [6.07, 6.45) is -25.0. The second-order valence-electron chi connectivity index (χ2n) is 11.6. The van der Waals surface area contributed by atoms with Gasteiger partial charge >= 0.3 is 24.7 Å². The van der Waals surface area contributed by atoms with Crippen molar-refractivity contribution in [1.82, 2.24) is 0 Å². The second-order valence-corrected chi connectivity index (χ2v) is 11.6. The van der Waals surface area contributed by atoms with Crippen LogP contribution < -0.4 is 0 Å². The first-order valence-corrected chi connectivity index (χ1v) is 14.5. The van der Waals surface area contributed by atoms with E-state index in [1.165, 1.54) is 0 Å². The molecule has 3 nitrogen and oxygen atoms in total. The van der Waals surface area contributed by atoms with Gasteiger partial charge in [0.25, 0.3) is 0 Å². The van der Waals surface area contributed by atoms with Crippen molar-refractivity contribution in [2.24, 2.45) is 0 Å². The summed E-state index contributed by atoms with van der Waals surface area (Å²) in [5.41, 5.74) is -37.0. The zero-order valence-electron chi connectivity index (χ0n) is 27.4. The molecule has 0 aromatic heterocycles. The van der Waals surface area contributed by atoms with Crippen LogP contribution in [0.15, 0.2) is 16.7 Å². The molecule has 0 N–H and O–H groups in total. The summed E-state index contributed by atoms with van der Waals surface area (Å²) in [5, 5.41) is 30.0. The first-order valence-electron chi connectivity index (χ1n) is 14.5. The first kappa shape index (κ1) is 43.7. The summed E-state index contributed by atoms with van der Waals surface area (Å²) in [5.74, 6) is -23.0. The standard InChI is InChI=1S/C34H9F20N3/c1-7-13(27(39)22(34(52,53)54)30(42)25(7)37)10(4-55)14-15(16(14)12(6-57)18-20(32(46,47)48)29(41)26(38)9(3)23(18)35)11(5-56)17-19(31(43,44)45)8(2)24(36)21(28(17)40)33(49,50)51/h1-3H3/b14-10?,15-11-,16-12+. The van der Waals surface area contributed by atoms with Gasteiger partial charge in [-0.2, -0.15) is 68.5 Å². The molecule has 0 atom stereocenters. The third-order valence-corrected chi connectivity index (χ3v) is 8.37. The van der Waals surface area contributed by atoms with E-state index in [9.17, 15) is 90.4 Å². The Labute approximate surface area is 303 Å². The Morgan fingerprint density at radius 3 is 1.00 bits per heavy atom. The Morgan fingerprint density at radius 1 is 0.333 bits per heavy atom. The molecule has 4 rings (SSSR count). The molecular weight excluding hydrogens is 830 g/mol. The molecule has 1 fully saturated rings.